The van der Waals surface area contributed by atoms with Crippen LogP contribution in [0.5, 0.6) is 0 Å². The molecule has 1 aromatic rings. The van der Waals surface area contributed by atoms with Gasteiger partial charge < -0.3 is 5.11 Å². The normalized spacial score (nSPS) is 15.5. The van der Waals surface area contributed by atoms with Crippen molar-refractivity contribution in [1.82, 2.24) is 4.72 Å². The Morgan fingerprint density at radius 2 is 1.71 bits per heavy atom. The van der Waals surface area contributed by atoms with E-state index >= 15 is 0 Å². The fraction of sp³-hybridized carbons (Fsp3) is 0.500. The molecular formula is C14H20FNO4S. The zero-order chi connectivity index (χ0) is 16.4. The Morgan fingerprint density at radius 1 is 1.24 bits per heavy atom. The molecule has 0 fully saturated rings. The number of halogens is 1. The van der Waals surface area contributed by atoms with Gasteiger partial charge in [0, 0.05) is 0 Å². The molecule has 2 unspecified atom stereocenters. The van der Waals surface area contributed by atoms with E-state index in [0.29, 0.717) is 5.56 Å². The summed E-state index contributed by atoms with van der Waals surface area (Å²) in [4.78, 5) is 10.9. The molecule has 1 rings (SSSR count). The van der Waals surface area contributed by atoms with E-state index in [1.165, 1.54) is 24.3 Å². The zero-order valence-corrected chi connectivity index (χ0v) is 13.2. The molecule has 7 heteroatoms. The van der Waals surface area contributed by atoms with E-state index in [4.69, 9.17) is 5.11 Å². The number of nitrogens with one attached hydrogen (secondary N) is 1. The summed E-state index contributed by atoms with van der Waals surface area (Å²) in [6, 6.07) is 4.79. The summed E-state index contributed by atoms with van der Waals surface area (Å²) in [7, 11) is -4.04. The molecule has 0 aliphatic rings. The molecule has 0 bridgehead atoms. The highest BCUT2D eigenvalue weighted by Crippen LogP contribution is 2.33. The van der Waals surface area contributed by atoms with Gasteiger partial charge in [-0.2, -0.15) is 0 Å². The van der Waals surface area contributed by atoms with Crippen LogP contribution in [0.15, 0.2) is 24.3 Å². The van der Waals surface area contributed by atoms with Crippen molar-refractivity contribution in [3.05, 3.63) is 35.6 Å². The lowest BCUT2D eigenvalue weighted by Gasteiger charge is -2.32. The van der Waals surface area contributed by atoms with Gasteiger partial charge in [-0.25, -0.2) is 17.5 Å². The Labute approximate surface area is 124 Å². The van der Waals surface area contributed by atoms with Crippen molar-refractivity contribution in [3.8, 4) is 0 Å². The molecule has 2 N–H and O–H groups in total. The predicted octanol–water partition coefficient (Wildman–Crippen LogP) is 2.31. The van der Waals surface area contributed by atoms with Gasteiger partial charge >= 0.3 is 5.97 Å². The highest BCUT2D eigenvalue weighted by Gasteiger charge is 2.35. The lowest BCUT2D eigenvalue weighted by molar-refractivity contribution is -0.136. The van der Waals surface area contributed by atoms with Crippen LogP contribution >= 0.6 is 0 Å². The molecule has 0 aromatic heterocycles. The van der Waals surface area contributed by atoms with E-state index in [2.05, 4.69) is 4.72 Å². The molecule has 5 nitrogen and oxygen atoms in total. The maximum Gasteiger partial charge on any atom is 0.323 e. The molecule has 0 heterocycles. The van der Waals surface area contributed by atoms with Crippen molar-refractivity contribution in [2.75, 3.05) is 0 Å². The van der Waals surface area contributed by atoms with Crippen LogP contribution in [0.2, 0.25) is 0 Å². The minimum Gasteiger partial charge on any atom is -0.480 e. The zero-order valence-electron chi connectivity index (χ0n) is 12.4. The minimum absolute atomic E-state index is 0.423. The Morgan fingerprint density at radius 3 is 2.10 bits per heavy atom. The SMILES string of the molecule is CC(C(=O)O)S(=O)(=O)NC(c1ccc(F)cc1)C(C)(C)C. The third kappa shape index (κ3) is 4.50. The minimum atomic E-state index is -4.04. The van der Waals surface area contributed by atoms with Crippen molar-refractivity contribution in [2.45, 2.75) is 39.0 Å². The summed E-state index contributed by atoms with van der Waals surface area (Å²) in [5, 5.41) is 7.30. The van der Waals surface area contributed by atoms with Crippen LogP contribution in [0.25, 0.3) is 0 Å². The fourth-order valence-corrected chi connectivity index (χ4v) is 3.09. The molecule has 0 radical (unpaired) electrons. The molecule has 21 heavy (non-hydrogen) atoms. The second kappa shape index (κ2) is 6.11. The molecular weight excluding hydrogens is 297 g/mol. The van der Waals surface area contributed by atoms with Crippen LogP contribution in [-0.4, -0.2) is 24.7 Å². The smallest absolute Gasteiger partial charge is 0.323 e. The second-order valence-corrected chi connectivity index (χ2v) is 8.03. The van der Waals surface area contributed by atoms with Gasteiger partial charge in [-0.05, 0) is 30.0 Å². The summed E-state index contributed by atoms with van der Waals surface area (Å²) < 4.78 is 39.6. The second-order valence-electron chi connectivity index (χ2n) is 5.99. The maximum absolute atomic E-state index is 13.0. The van der Waals surface area contributed by atoms with E-state index < -0.39 is 38.5 Å². The van der Waals surface area contributed by atoms with Gasteiger partial charge in [0.1, 0.15) is 5.82 Å². The number of aliphatic carboxylic acids is 1. The lowest BCUT2D eigenvalue weighted by atomic mass is 9.83. The van der Waals surface area contributed by atoms with E-state index in [9.17, 15) is 17.6 Å². The third-order valence-corrected chi connectivity index (χ3v) is 4.86. The van der Waals surface area contributed by atoms with E-state index in [1.54, 1.807) is 0 Å². The van der Waals surface area contributed by atoms with Crippen LogP contribution in [-0.2, 0) is 14.8 Å². The van der Waals surface area contributed by atoms with Gasteiger partial charge in [0.15, 0.2) is 5.25 Å². The topological polar surface area (TPSA) is 83.5 Å². The summed E-state index contributed by atoms with van der Waals surface area (Å²) in [6.45, 7) is 6.55. The van der Waals surface area contributed by atoms with Crippen LogP contribution in [0.1, 0.15) is 39.3 Å². The highest BCUT2D eigenvalue weighted by atomic mass is 32.2. The number of carbonyl (C=O) groups is 1. The first-order valence-electron chi connectivity index (χ1n) is 6.44. The molecule has 2 atom stereocenters. The van der Waals surface area contributed by atoms with Crippen molar-refractivity contribution < 1.29 is 22.7 Å². The molecule has 1 aromatic carbocycles. The monoisotopic (exact) mass is 317 g/mol. The van der Waals surface area contributed by atoms with Gasteiger partial charge in [-0.15, -0.1) is 0 Å². The average Bonchev–Trinajstić information content (AvgIpc) is 2.35. The largest absolute Gasteiger partial charge is 0.480 e. The first kappa shape index (κ1) is 17.6. The number of carboxylic acid groups (broad SMARTS) is 1. The first-order valence-corrected chi connectivity index (χ1v) is 7.99. The Bertz CT molecular complexity index is 605. The van der Waals surface area contributed by atoms with E-state index in [-0.39, 0.29) is 0 Å². The molecule has 0 aliphatic heterocycles. The number of hydrogen-bond donors (Lipinski definition) is 2. The number of carboxylic acids is 1. The van der Waals surface area contributed by atoms with Gasteiger partial charge in [0.05, 0.1) is 6.04 Å². The highest BCUT2D eigenvalue weighted by molar-refractivity contribution is 7.90. The number of hydrogen-bond acceptors (Lipinski definition) is 3. The average molecular weight is 317 g/mol. The fourth-order valence-electron chi connectivity index (χ4n) is 1.80. The van der Waals surface area contributed by atoms with E-state index in [1.807, 2.05) is 20.8 Å². The summed E-state index contributed by atoms with van der Waals surface area (Å²) >= 11 is 0. The van der Waals surface area contributed by atoms with Gasteiger partial charge in [-0.3, -0.25) is 4.79 Å². The molecule has 0 amide bonds. The predicted molar refractivity (Wildman–Crippen MR) is 77.7 cm³/mol. The van der Waals surface area contributed by atoms with Crippen LogP contribution in [0.3, 0.4) is 0 Å². The van der Waals surface area contributed by atoms with Crippen molar-refractivity contribution in [3.63, 3.8) is 0 Å². The molecule has 0 spiro atoms. The van der Waals surface area contributed by atoms with Crippen LogP contribution < -0.4 is 4.72 Å². The lowest BCUT2D eigenvalue weighted by Crippen LogP contribution is -2.43. The molecule has 0 saturated carbocycles. The Kier molecular flexibility index (Phi) is 5.11. The number of sulfonamides is 1. The van der Waals surface area contributed by atoms with Crippen LogP contribution in [0.4, 0.5) is 4.39 Å². The summed E-state index contributed by atoms with van der Waals surface area (Å²) in [5.74, 6) is -1.84. The molecule has 118 valence electrons. The van der Waals surface area contributed by atoms with Crippen LogP contribution in [0, 0.1) is 11.2 Å². The van der Waals surface area contributed by atoms with Gasteiger partial charge in [-0.1, -0.05) is 32.9 Å². The number of benzene rings is 1. The third-order valence-electron chi connectivity index (χ3n) is 3.16. The summed E-state index contributed by atoms with van der Waals surface area (Å²) in [6.07, 6.45) is 0. The maximum atomic E-state index is 13.0. The standard InChI is InChI=1S/C14H20FNO4S/c1-9(13(17)18)21(19,20)16-12(14(2,3)4)10-5-7-11(15)8-6-10/h5-9,12,16H,1-4H3,(H,17,18). The Hall–Kier alpha value is -1.47. The molecule has 0 aliphatic carbocycles. The Balaban J connectivity index is 3.17. The van der Waals surface area contributed by atoms with Crippen molar-refractivity contribution in [2.24, 2.45) is 5.41 Å². The first-order chi connectivity index (χ1) is 9.45. The van der Waals surface area contributed by atoms with Gasteiger partial charge in [0.25, 0.3) is 0 Å². The van der Waals surface area contributed by atoms with Crippen molar-refractivity contribution in [1.29, 1.82) is 0 Å². The van der Waals surface area contributed by atoms with E-state index in [0.717, 1.165) is 6.92 Å². The van der Waals surface area contributed by atoms with Crippen molar-refractivity contribution >= 4 is 16.0 Å². The number of rotatable bonds is 5. The molecule has 0 saturated heterocycles. The summed E-state index contributed by atoms with van der Waals surface area (Å²) in [5.41, 5.74) is 0.0633. The van der Waals surface area contributed by atoms with Gasteiger partial charge in [0.2, 0.25) is 10.0 Å². The quantitative estimate of drug-likeness (QED) is 0.873.